The third kappa shape index (κ3) is 1.23. The molecule has 1 aliphatic heterocycles. The van der Waals surface area contributed by atoms with E-state index in [1.165, 1.54) is 32.1 Å². The second kappa shape index (κ2) is 3.08. The van der Waals surface area contributed by atoms with Crippen molar-refractivity contribution in [3.8, 4) is 0 Å². The zero-order chi connectivity index (χ0) is 8.55. The van der Waals surface area contributed by atoms with Gasteiger partial charge in [0, 0.05) is 19.5 Å². The van der Waals surface area contributed by atoms with Gasteiger partial charge in [0.25, 0.3) is 0 Å². The lowest BCUT2D eigenvalue weighted by atomic mass is 9.85. The van der Waals surface area contributed by atoms with Crippen LogP contribution in [-0.2, 0) is 4.79 Å². The van der Waals surface area contributed by atoms with Gasteiger partial charge < -0.3 is 4.90 Å². The average molecular weight is 167 g/mol. The van der Waals surface area contributed by atoms with Crippen LogP contribution in [0, 0.1) is 5.92 Å². The van der Waals surface area contributed by atoms with E-state index in [0.717, 1.165) is 12.5 Å². The Hall–Kier alpha value is -0.530. The van der Waals surface area contributed by atoms with Crippen molar-refractivity contribution in [3.63, 3.8) is 0 Å². The van der Waals surface area contributed by atoms with Gasteiger partial charge in [0.2, 0.25) is 5.91 Å². The SMILES string of the molecule is CC(=O)N1CC[C@H]2CCCC[C@H]21. The van der Waals surface area contributed by atoms with Crippen LogP contribution in [0.3, 0.4) is 0 Å². The molecule has 0 aromatic carbocycles. The number of hydrogen-bond acceptors (Lipinski definition) is 1. The third-order valence-electron chi connectivity index (χ3n) is 3.41. The second-order valence-corrected chi connectivity index (χ2v) is 4.11. The van der Waals surface area contributed by atoms with Crippen LogP contribution >= 0.6 is 0 Å². The van der Waals surface area contributed by atoms with E-state index in [0.29, 0.717) is 6.04 Å². The fourth-order valence-corrected chi connectivity index (χ4v) is 2.80. The fourth-order valence-electron chi connectivity index (χ4n) is 2.80. The molecule has 2 nitrogen and oxygen atoms in total. The first-order valence-corrected chi connectivity index (χ1v) is 5.06. The molecule has 1 heterocycles. The smallest absolute Gasteiger partial charge is 0.219 e. The van der Waals surface area contributed by atoms with E-state index in [2.05, 4.69) is 4.90 Å². The summed E-state index contributed by atoms with van der Waals surface area (Å²) in [7, 11) is 0. The molecular weight excluding hydrogens is 150 g/mol. The van der Waals surface area contributed by atoms with E-state index < -0.39 is 0 Å². The monoisotopic (exact) mass is 167 g/mol. The molecule has 1 saturated heterocycles. The summed E-state index contributed by atoms with van der Waals surface area (Å²) in [5.74, 6) is 1.12. The van der Waals surface area contributed by atoms with Crippen LogP contribution in [0.4, 0.5) is 0 Å². The van der Waals surface area contributed by atoms with Crippen molar-refractivity contribution in [3.05, 3.63) is 0 Å². The van der Waals surface area contributed by atoms with E-state index in [9.17, 15) is 4.79 Å². The first-order chi connectivity index (χ1) is 5.79. The number of fused-ring (bicyclic) bond motifs is 1. The first-order valence-electron chi connectivity index (χ1n) is 5.06. The van der Waals surface area contributed by atoms with Crippen LogP contribution in [-0.4, -0.2) is 23.4 Å². The number of carbonyl (C=O) groups excluding carboxylic acids is 1. The van der Waals surface area contributed by atoms with Crippen molar-refractivity contribution in [2.45, 2.75) is 45.1 Å². The number of likely N-dealkylation sites (tertiary alicyclic amines) is 1. The van der Waals surface area contributed by atoms with Crippen LogP contribution in [0.1, 0.15) is 39.0 Å². The van der Waals surface area contributed by atoms with E-state index >= 15 is 0 Å². The minimum atomic E-state index is 0.282. The Morgan fingerprint density at radius 2 is 2.00 bits per heavy atom. The Morgan fingerprint density at radius 1 is 1.25 bits per heavy atom. The molecule has 2 atom stereocenters. The molecule has 0 bridgehead atoms. The maximum Gasteiger partial charge on any atom is 0.219 e. The van der Waals surface area contributed by atoms with Crippen molar-refractivity contribution >= 4 is 5.91 Å². The highest BCUT2D eigenvalue weighted by molar-refractivity contribution is 5.74. The number of hydrogen-bond donors (Lipinski definition) is 0. The Bertz CT molecular complexity index is 190. The number of nitrogens with zero attached hydrogens (tertiary/aromatic N) is 1. The molecule has 1 amide bonds. The van der Waals surface area contributed by atoms with E-state index in [1.807, 2.05) is 0 Å². The van der Waals surface area contributed by atoms with E-state index in [-0.39, 0.29) is 5.91 Å². The molecule has 12 heavy (non-hydrogen) atoms. The molecule has 0 N–H and O–H groups in total. The van der Waals surface area contributed by atoms with Gasteiger partial charge in [0.15, 0.2) is 0 Å². The largest absolute Gasteiger partial charge is 0.340 e. The van der Waals surface area contributed by atoms with E-state index in [4.69, 9.17) is 0 Å². The average Bonchev–Trinajstić information content (AvgIpc) is 2.47. The summed E-state index contributed by atoms with van der Waals surface area (Å²) >= 11 is 0. The van der Waals surface area contributed by atoms with Crippen molar-refractivity contribution in [1.82, 2.24) is 4.90 Å². The topological polar surface area (TPSA) is 20.3 Å². The van der Waals surface area contributed by atoms with Gasteiger partial charge in [-0.3, -0.25) is 4.79 Å². The fraction of sp³-hybridized carbons (Fsp3) is 0.900. The van der Waals surface area contributed by atoms with Crippen molar-refractivity contribution < 1.29 is 4.79 Å². The summed E-state index contributed by atoms with van der Waals surface area (Å²) in [6, 6.07) is 0.608. The Labute approximate surface area is 73.9 Å². The lowest BCUT2D eigenvalue weighted by Gasteiger charge is -2.30. The normalized spacial score (nSPS) is 34.9. The summed E-state index contributed by atoms with van der Waals surface area (Å²) in [4.78, 5) is 13.3. The minimum absolute atomic E-state index is 0.282. The van der Waals surface area contributed by atoms with Crippen molar-refractivity contribution in [2.75, 3.05) is 6.54 Å². The first kappa shape index (κ1) is 8.09. The van der Waals surface area contributed by atoms with Gasteiger partial charge in [-0.15, -0.1) is 0 Å². The number of rotatable bonds is 0. The predicted molar refractivity (Wildman–Crippen MR) is 47.8 cm³/mol. The number of carbonyl (C=O) groups is 1. The summed E-state index contributed by atoms with van der Waals surface area (Å²) in [6.45, 7) is 2.72. The molecule has 0 spiro atoms. The second-order valence-electron chi connectivity index (χ2n) is 4.11. The molecule has 2 aliphatic rings. The molecule has 68 valence electrons. The third-order valence-corrected chi connectivity index (χ3v) is 3.41. The van der Waals surface area contributed by atoms with Gasteiger partial charge in [-0.05, 0) is 25.2 Å². The summed E-state index contributed by atoms with van der Waals surface area (Å²) in [6.07, 6.45) is 6.57. The van der Waals surface area contributed by atoms with Crippen molar-refractivity contribution in [2.24, 2.45) is 5.92 Å². The minimum Gasteiger partial charge on any atom is -0.340 e. The van der Waals surface area contributed by atoms with Gasteiger partial charge in [-0.25, -0.2) is 0 Å². The van der Waals surface area contributed by atoms with E-state index in [1.54, 1.807) is 6.92 Å². The lowest BCUT2D eigenvalue weighted by Crippen LogP contribution is -2.37. The molecule has 0 radical (unpaired) electrons. The molecule has 2 heteroatoms. The highest BCUT2D eigenvalue weighted by atomic mass is 16.2. The van der Waals surface area contributed by atoms with Crippen LogP contribution in [0.25, 0.3) is 0 Å². The summed E-state index contributed by atoms with van der Waals surface area (Å²) in [5.41, 5.74) is 0. The molecule has 1 aliphatic carbocycles. The highest BCUT2D eigenvalue weighted by Crippen LogP contribution is 2.35. The van der Waals surface area contributed by atoms with Crippen LogP contribution in [0.2, 0.25) is 0 Å². The lowest BCUT2D eigenvalue weighted by molar-refractivity contribution is -0.130. The molecule has 0 aromatic heterocycles. The zero-order valence-corrected chi connectivity index (χ0v) is 7.75. The quantitative estimate of drug-likeness (QED) is 0.538. The molecule has 0 aromatic rings. The zero-order valence-electron chi connectivity index (χ0n) is 7.75. The Kier molecular flexibility index (Phi) is 2.07. The molecule has 2 rings (SSSR count). The molecule has 0 unspecified atom stereocenters. The standard InChI is InChI=1S/C10H17NO/c1-8(12)11-7-6-9-4-2-3-5-10(9)11/h9-10H,2-7H2,1H3/t9-,10-/m1/s1. The van der Waals surface area contributed by atoms with Gasteiger partial charge in [0.05, 0.1) is 0 Å². The van der Waals surface area contributed by atoms with Gasteiger partial charge in [0.1, 0.15) is 0 Å². The molecule has 2 fully saturated rings. The summed E-state index contributed by atoms with van der Waals surface area (Å²) < 4.78 is 0. The van der Waals surface area contributed by atoms with Gasteiger partial charge >= 0.3 is 0 Å². The predicted octanol–water partition coefficient (Wildman–Crippen LogP) is 1.80. The molecular formula is C10H17NO. The maximum atomic E-state index is 11.2. The van der Waals surface area contributed by atoms with Crippen molar-refractivity contribution in [1.29, 1.82) is 0 Å². The molecule has 1 saturated carbocycles. The Morgan fingerprint density at radius 3 is 2.75 bits per heavy atom. The Balaban J connectivity index is 2.05. The number of amides is 1. The van der Waals surface area contributed by atoms with Crippen LogP contribution in [0.5, 0.6) is 0 Å². The highest BCUT2D eigenvalue weighted by Gasteiger charge is 2.36. The van der Waals surface area contributed by atoms with Crippen LogP contribution in [0.15, 0.2) is 0 Å². The van der Waals surface area contributed by atoms with Gasteiger partial charge in [-0.2, -0.15) is 0 Å². The maximum absolute atomic E-state index is 11.2. The van der Waals surface area contributed by atoms with Crippen LogP contribution < -0.4 is 0 Å². The summed E-state index contributed by atoms with van der Waals surface area (Å²) in [5, 5.41) is 0. The van der Waals surface area contributed by atoms with Gasteiger partial charge in [-0.1, -0.05) is 12.8 Å².